The van der Waals surface area contributed by atoms with Gasteiger partial charge in [-0.15, -0.1) is 0 Å². The standard InChI is InChI=1S/C16H16ClN5O2S/c1-22(9-10-2-4-11(17)5-3-10)25(23,24)12-6-7-14-13(8-12)15(18)21-16(19)20-14/h2-8H,9H2,1H3,(H4,18,19,20,21). The number of anilines is 2. The van der Waals surface area contributed by atoms with E-state index in [0.29, 0.717) is 15.9 Å². The molecule has 0 bridgehead atoms. The fraction of sp³-hybridized carbons (Fsp3) is 0.125. The Kier molecular flexibility index (Phi) is 4.51. The normalized spacial score (nSPS) is 12.0. The summed E-state index contributed by atoms with van der Waals surface area (Å²) in [5.74, 6) is 0.181. The van der Waals surface area contributed by atoms with Crippen LogP contribution in [0.2, 0.25) is 5.02 Å². The van der Waals surface area contributed by atoms with Crippen molar-refractivity contribution in [1.29, 1.82) is 0 Å². The lowest BCUT2D eigenvalue weighted by Crippen LogP contribution is -2.26. The predicted molar refractivity (Wildman–Crippen MR) is 98.5 cm³/mol. The lowest BCUT2D eigenvalue weighted by Gasteiger charge is -2.18. The third-order valence-electron chi connectivity index (χ3n) is 3.74. The number of aromatic nitrogens is 2. The van der Waals surface area contributed by atoms with Crippen LogP contribution in [0.1, 0.15) is 5.56 Å². The highest BCUT2D eigenvalue weighted by atomic mass is 35.5. The first-order chi connectivity index (χ1) is 11.8. The van der Waals surface area contributed by atoms with E-state index < -0.39 is 10.0 Å². The van der Waals surface area contributed by atoms with Crippen molar-refractivity contribution in [1.82, 2.24) is 14.3 Å². The summed E-state index contributed by atoms with van der Waals surface area (Å²) in [7, 11) is -2.20. The Hall–Kier alpha value is -2.42. The van der Waals surface area contributed by atoms with Gasteiger partial charge in [0.05, 0.1) is 10.4 Å². The van der Waals surface area contributed by atoms with Gasteiger partial charge >= 0.3 is 0 Å². The van der Waals surface area contributed by atoms with Crippen molar-refractivity contribution in [2.24, 2.45) is 0 Å². The molecule has 25 heavy (non-hydrogen) atoms. The first kappa shape index (κ1) is 17.4. The fourth-order valence-corrected chi connectivity index (χ4v) is 3.73. The maximum atomic E-state index is 12.8. The second kappa shape index (κ2) is 6.47. The molecule has 3 rings (SSSR count). The first-order valence-electron chi connectivity index (χ1n) is 7.31. The van der Waals surface area contributed by atoms with Gasteiger partial charge in [0.1, 0.15) is 5.82 Å². The molecule has 2 aromatic carbocycles. The van der Waals surface area contributed by atoms with Crippen molar-refractivity contribution >= 4 is 44.3 Å². The van der Waals surface area contributed by atoms with Crippen LogP contribution in [0.25, 0.3) is 10.9 Å². The van der Waals surface area contributed by atoms with E-state index in [1.807, 2.05) is 0 Å². The fourth-order valence-electron chi connectivity index (χ4n) is 2.42. The topological polar surface area (TPSA) is 115 Å². The third kappa shape index (κ3) is 3.51. The quantitative estimate of drug-likeness (QED) is 0.720. The summed E-state index contributed by atoms with van der Waals surface area (Å²) in [5.41, 5.74) is 12.7. The molecule has 1 heterocycles. The number of nitrogens with zero attached hydrogens (tertiary/aromatic N) is 3. The van der Waals surface area contributed by atoms with Crippen molar-refractivity contribution in [3.8, 4) is 0 Å². The van der Waals surface area contributed by atoms with Gasteiger partial charge in [0.15, 0.2) is 0 Å². The van der Waals surface area contributed by atoms with E-state index in [1.165, 1.54) is 23.5 Å². The van der Waals surface area contributed by atoms with Crippen molar-refractivity contribution in [3.63, 3.8) is 0 Å². The van der Waals surface area contributed by atoms with Crippen LogP contribution in [-0.2, 0) is 16.6 Å². The summed E-state index contributed by atoms with van der Waals surface area (Å²) >= 11 is 5.85. The van der Waals surface area contributed by atoms with Gasteiger partial charge in [0.25, 0.3) is 0 Å². The lowest BCUT2D eigenvalue weighted by molar-refractivity contribution is 0.467. The largest absolute Gasteiger partial charge is 0.383 e. The van der Waals surface area contributed by atoms with Gasteiger partial charge in [-0.2, -0.15) is 9.29 Å². The highest BCUT2D eigenvalue weighted by Gasteiger charge is 2.22. The average Bonchev–Trinajstić information content (AvgIpc) is 2.56. The van der Waals surface area contributed by atoms with Gasteiger partial charge in [-0.25, -0.2) is 13.4 Å². The van der Waals surface area contributed by atoms with E-state index in [-0.39, 0.29) is 23.2 Å². The molecular formula is C16H16ClN5O2S. The number of hydrogen-bond acceptors (Lipinski definition) is 6. The summed E-state index contributed by atoms with van der Waals surface area (Å²) in [6.45, 7) is 0.214. The van der Waals surface area contributed by atoms with Crippen molar-refractivity contribution in [2.45, 2.75) is 11.4 Å². The summed E-state index contributed by atoms with van der Waals surface area (Å²) in [4.78, 5) is 8.02. The monoisotopic (exact) mass is 377 g/mol. The molecule has 1 aromatic heterocycles. The van der Waals surface area contributed by atoms with E-state index >= 15 is 0 Å². The summed E-state index contributed by atoms with van der Waals surface area (Å²) in [6, 6.07) is 11.5. The van der Waals surface area contributed by atoms with Crippen LogP contribution >= 0.6 is 11.6 Å². The van der Waals surface area contributed by atoms with Crippen LogP contribution < -0.4 is 11.5 Å². The third-order valence-corrected chi connectivity index (χ3v) is 5.79. The smallest absolute Gasteiger partial charge is 0.243 e. The van der Waals surface area contributed by atoms with E-state index in [2.05, 4.69) is 9.97 Å². The molecule has 0 aliphatic carbocycles. The first-order valence-corrected chi connectivity index (χ1v) is 9.13. The molecule has 0 spiro atoms. The van der Waals surface area contributed by atoms with Crippen LogP contribution in [0.4, 0.5) is 11.8 Å². The van der Waals surface area contributed by atoms with Crippen molar-refractivity contribution < 1.29 is 8.42 Å². The summed E-state index contributed by atoms with van der Waals surface area (Å²) in [6.07, 6.45) is 0. The van der Waals surface area contributed by atoms with E-state index in [9.17, 15) is 8.42 Å². The van der Waals surface area contributed by atoms with E-state index in [0.717, 1.165) is 5.56 Å². The Labute approximate surface area is 150 Å². The lowest BCUT2D eigenvalue weighted by atomic mass is 10.2. The second-order valence-corrected chi connectivity index (χ2v) is 8.01. The van der Waals surface area contributed by atoms with Crippen molar-refractivity contribution in [2.75, 3.05) is 18.5 Å². The second-order valence-electron chi connectivity index (χ2n) is 5.53. The maximum Gasteiger partial charge on any atom is 0.243 e. The predicted octanol–water partition coefficient (Wildman–Crippen LogP) is 2.27. The van der Waals surface area contributed by atoms with Crippen LogP contribution in [0.15, 0.2) is 47.4 Å². The minimum absolute atomic E-state index is 0.0421. The molecule has 7 nitrogen and oxygen atoms in total. The Bertz CT molecular complexity index is 1040. The molecule has 9 heteroatoms. The molecule has 0 unspecified atom stereocenters. The molecule has 130 valence electrons. The zero-order chi connectivity index (χ0) is 18.2. The molecular weight excluding hydrogens is 362 g/mol. The maximum absolute atomic E-state index is 12.8. The number of benzene rings is 2. The van der Waals surface area contributed by atoms with Crippen LogP contribution in [0.3, 0.4) is 0 Å². The van der Waals surface area contributed by atoms with Gasteiger partial charge < -0.3 is 11.5 Å². The number of halogens is 1. The Morgan fingerprint density at radius 2 is 1.76 bits per heavy atom. The molecule has 3 aromatic rings. The number of sulfonamides is 1. The highest BCUT2D eigenvalue weighted by Crippen LogP contribution is 2.25. The average molecular weight is 378 g/mol. The summed E-state index contributed by atoms with van der Waals surface area (Å²) in [5, 5.41) is 1.04. The minimum atomic E-state index is -3.71. The molecule has 0 atom stereocenters. The van der Waals surface area contributed by atoms with E-state index in [4.69, 9.17) is 23.1 Å². The highest BCUT2D eigenvalue weighted by molar-refractivity contribution is 7.89. The van der Waals surface area contributed by atoms with Gasteiger partial charge in [0.2, 0.25) is 16.0 Å². The molecule has 0 amide bonds. The van der Waals surface area contributed by atoms with E-state index in [1.54, 1.807) is 30.3 Å². The van der Waals surface area contributed by atoms with Gasteiger partial charge in [-0.1, -0.05) is 23.7 Å². The molecule has 0 aliphatic rings. The minimum Gasteiger partial charge on any atom is -0.383 e. The van der Waals surface area contributed by atoms with Gasteiger partial charge in [0, 0.05) is 24.0 Å². The molecule has 0 radical (unpaired) electrons. The number of fused-ring (bicyclic) bond motifs is 1. The molecule has 0 saturated carbocycles. The molecule has 4 N–H and O–H groups in total. The van der Waals surface area contributed by atoms with Crippen LogP contribution in [0, 0.1) is 0 Å². The number of hydrogen-bond donors (Lipinski definition) is 2. The SMILES string of the molecule is CN(Cc1ccc(Cl)cc1)S(=O)(=O)c1ccc2nc(N)nc(N)c2c1. The Balaban J connectivity index is 1.96. The van der Waals surface area contributed by atoms with Crippen molar-refractivity contribution in [3.05, 3.63) is 53.1 Å². The zero-order valence-electron chi connectivity index (χ0n) is 13.3. The van der Waals surface area contributed by atoms with Gasteiger partial charge in [-0.05, 0) is 35.9 Å². The number of nitrogen functional groups attached to an aromatic ring is 2. The van der Waals surface area contributed by atoms with Crippen LogP contribution in [0.5, 0.6) is 0 Å². The zero-order valence-corrected chi connectivity index (χ0v) is 14.9. The Morgan fingerprint density at radius 3 is 2.44 bits per heavy atom. The molecule has 0 fully saturated rings. The molecule has 0 aliphatic heterocycles. The van der Waals surface area contributed by atoms with Gasteiger partial charge in [-0.3, -0.25) is 0 Å². The Morgan fingerprint density at radius 1 is 1.08 bits per heavy atom. The number of nitrogens with two attached hydrogens (primary N) is 2. The summed E-state index contributed by atoms with van der Waals surface area (Å²) < 4.78 is 26.9. The molecule has 0 saturated heterocycles. The number of rotatable bonds is 4. The van der Waals surface area contributed by atoms with Crippen LogP contribution in [-0.4, -0.2) is 29.7 Å².